The molecule has 5 rings (SSSR count). The Morgan fingerprint density at radius 2 is 1.66 bits per heavy atom. The quantitative estimate of drug-likeness (QED) is 0.303. The molecule has 0 bridgehead atoms. The van der Waals surface area contributed by atoms with Crippen LogP contribution in [0.4, 0.5) is 0 Å². The molecule has 0 N–H and O–H groups in total. The van der Waals surface area contributed by atoms with Gasteiger partial charge in [0.15, 0.2) is 0 Å². The smallest absolute Gasteiger partial charge is 0.0160 e. The average Bonchev–Trinajstić information content (AvgIpc) is 3.48. The van der Waals surface area contributed by atoms with Crippen LogP contribution >= 0.6 is 0 Å². The molecule has 2 aromatic heterocycles. The summed E-state index contributed by atoms with van der Waals surface area (Å²) in [7, 11) is 0. The Hall–Kier alpha value is -2.70. The SMILES string of the molecule is CC1(c2[c-]c(-c3ccccn3)ccc2)C[C-]1c1cccc(-c2[c-]cccc2)n1.[Pt]. The molecule has 0 radical (unpaired) electrons. The fourth-order valence-corrected chi connectivity index (χ4v) is 3.71. The first kappa shape index (κ1) is 19.6. The van der Waals surface area contributed by atoms with Crippen LogP contribution in [0.3, 0.4) is 0 Å². The molecule has 1 aliphatic carbocycles. The van der Waals surface area contributed by atoms with Crippen LogP contribution < -0.4 is 0 Å². The Morgan fingerprint density at radius 1 is 0.862 bits per heavy atom. The summed E-state index contributed by atoms with van der Waals surface area (Å²) in [6.07, 6.45) is 2.83. The van der Waals surface area contributed by atoms with Gasteiger partial charge in [-0.1, -0.05) is 37.0 Å². The van der Waals surface area contributed by atoms with Gasteiger partial charge in [0.2, 0.25) is 0 Å². The maximum atomic E-state index is 4.91. The summed E-state index contributed by atoms with van der Waals surface area (Å²) < 4.78 is 0. The van der Waals surface area contributed by atoms with E-state index in [0.717, 1.165) is 34.6 Å². The van der Waals surface area contributed by atoms with Gasteiger partial charge in [-0.2, -0.15) is 12.0 Å². The predicted molar refractivity (Wildman–Crippen MR) is 111 cm³/mol. The number of hydrogen-bond acceptors (Lipinski definition) is 2. The molecule has 1 atom stereocenters. The van der Waals surface area contributed by atoms with Gasteiger partial charge < -0.3 is 9.97 Å². The molecule has 0 spiro atoms. The number of benzene rings is 2. The third kappa shape index (κ3) is 3.78. The van der Waals surface area contributed by atoms with Crippen molar-refractivity contribution in [2.24, 2.45) is 0 Å². The maximum absolute atomic E-state index is 4.91. The van der Waals surface area contributed by atoms with Gasteiger partial charge >= 0.3 is 0 Å². The molecule has 1 unspecified atom stereocenters. The summed E-state index contributed by atoms with van der Waals surface area (Å²) in [5.41, 5.74) is 6.22. The average molecular weight is 555 g/mol. The predicted octanol–water partition coefficient (Wildman–Crippen LogP) is 5.69. The van der Waals surface area contributed by atoms with E-state index in [2.05, 4.69) is 54.4 Å². The summed E-state index contributed by atoms with van der Waals surface area (Å²) >= 11 is 0. The molecule has 1 aliphatic rings. The van der Waals surface area contributed by atoms with Gasteiger partial charge in [-0.05, 0) is 17.5 Å². The first-order valence-electron chi connectivity index (χ1n) is 9.49. The van der Waals surface area contributed by atoms with E-state index in [-0.39, 0.29) is 26.5 Å². The largest absolute Gasteiger partial charge is 0.335 e. The van der Waals surface area contributed by atoms with Gasteiger partial charge in [0.05, 0.1) is 0 Å². The van der Waals surface area contributed by atoms with E-state index in [1.54, 1.807) is 0 Å². The molecule has 146 valence electrons. The Morgan fingerprint density at radius 3 is 2.45 bits per heavy atom. The first-order chi connectivity index (χ1) is 13.7. The molecule has 4 aromatic rings. The van der Waals surface area contributed by atoms with Gasteiger partial charge in [-0.15, -0.1) is 83.0 Å². The van der Waals surface area contributed by atoms with Gasteiger partial charge in [-0.3, -0.25) is 0 Å². The Balaban J connectivity index is 0.00000205. The molecule has 2 nitrogen and oxygen atoms in total. The zero-order chi connectivity index (χ0) is 19.0. The van der Waals surface area contributed by atoms with Crippen LogP contribution in [0.1, 0.15) is 24.6 Å². The maximum Gasteiger partial charge on any atom is 0.0160 e. The monoisotopic (exact) mass is 554 g/mol. The van der Waals surface area contributed by atoms with E-state index in [4.69, 9.17) is 4.98 Å². The second-order valence-corrected chi connectivity index (χ2v) is 7.36. The fourth-order valence-electron chi connectivity index (χ4n) is 3.71. The summed E-state index contributed by atoms with van der Waals surface area (Å²) in [6, 6.07) is 33.4. The van der Waals surface area contributed by atoms with Gasteiger partial charge in [0.1, 0.15) is 0 Å². The standard InChI is InChI=1S/C26H19N2.Pt/c1-26(21-12-7-11-20(17-21)23-13-5-6-16-27-23)18-22(26)25-15-8-14-24(28-25)19-9-3-2-4-10-19;/h2-9,11-16H,18H2,1H3;/q-3;. The van der Waals surface area contributed by atoms with Crippen LogP contribution in [0.15, 0.2) is 85.1 Å². The molecule has 0 saturated heterocycles. The summed E-state index contributed by atoms with van der Waals surface area (Å²) in [6.45, 7) is 2.28. The van der Waals surface area contributed by atoms with Crippen LogP contribution in [0.5, 0.6) is 0 Å². The van der Waals surface area contributed by atoms with Crippen molar-refractivity contribution in [2.75, 3.05) is 0 Å². The topological polar surface area (TPSA) is 25.8 Å². The van der Waals surface area contributed by atoms with Gasteiger partial charge in [-0.25, -0.2) is 0 Å². The van der Waals surface area contributed by atoms with E-state index >= 15 is 0 Å². The third-order valence-electron chi connectivity index (χ3n) is 5.45. The molecule has 2 heterocycles. The first-order valence-corrected chi connectivity index (χ1v) is 9.49. The summed E-state index contributed by atoms with van der Waals surface area (Å²) in [5.74, 6) is 1.36. The molecule has 3 heteroatoms. The molecule has 29 heavy (non-hydrogen) atoms. The molecular weight excluding hydrogens is 535 g/mol. The van der Waals surface area contributed by atoms with Crippen molar-refractivity contribution in [3.05, 3.63) is 114 Å². The zero-order valence-corrected chi connectivity index (χ0v) is 18.3. The summed E-state index contributed by atoms with van der Waals surface area (Å²) in [4.78, 5) is 9.37. The second-order valence-electron chi connectivity index (χ2n) is 7.36. The van der Waals surface area contributed by atoms with Crippen LogP contribution in [0.25, 0.3) is 22.5 Å². The van der Waals surface area contributed by atoms with E-state index < -0.39 is 0 Å². The van der Waals surface area contributed by atoms with E-state index in [0.29, 0.717) is 0 Å². The minimum Gasteiger partial charge on any atom is -0.335 e. The third-order valence-corrected chi connectivity index (χ3v) is 5.45. The van der Waals surface area contributed by atoms with Crippen molar-refractivity contribution < 1.29 is 21.1 Å². The number of hydrogen-bond donors (Lipinski definition) is 0. The minimum atomic E-state index is -0.0170. The number of nitrogens with zero attached hydrogens (tertiary/aromatic N) is 2. The molecule has 2 aromatic carbocycles. The van der Waals surface area contributed by atoms with Gasteiger partial charge in [0.25, 0.3) is 0 Å². The Bertz CT molecular complexity index is 1110. The number of pyridine rings is 2. The summed E-state index contributed by atoms with van der Waals surface area (Å²) in [5, 5.41) is 0. The number of rotatable bonds is 4. The van der Waals surface area contributed by atoms with Crippen LogP contribution in [0.2, 0.25) is 0 Å². The van der Waals surface area contributed by atoms with Crippen molar-refractivity contribution in [3.8, 4) is 22.5 Å². The zero-order valence-electron chi connectivity index (χ0n) is 16.0. The van der Waals surface area contributed by atoms with Crippen molar-refractivity contribution in [2.45, 2.75) is 18.8 Å². The Kier molecular flexibility index (Phi) is 5.39. The molecular formula is C26H19N2Pt-3. The van der Waals surface area contributed by atoms with E-state index in [1.165, 1.54) is 11.5 Å². The van der Waals surface area contributed by atoms with Crippen molar-refractivity contribution in [1.29, 1.82) is 0 Å². The van der Waals surface area contributed by atoms with E-state index in [1.807, 2.05) is 54.7 Å². The van der Waals surface area contributed by atoms with Crippen LogP contribution in [-0.4, -0.2) is 9.97 Å². The second kappa shape index (κ2) is 7.97. The normalized spacial score (nSPS) is 17.5. The molecule has 0 aliphatic heterocycles. The van der Waals surface area contributed by atoms with E-state index in [9.17, 15) is 0 Å². The molecule has 0 amide bonds. The fraction of sp³-hybridized carbons (Fsp3) is 0.115. The van der Waals surface area contributed by atoms with Crippen LogP contribution in [0, 0.1) is 18.1 Å². The van der Waals surface area contributed by atoms with Crippen molar-refractivity contribution >= 4 is 0 Å². The molecule has 1 saturated carbocycles. The number of aromatic nitrogens is 2. The minimum absolute atomic E-state index is 0. The molecule has 1 fully saturated rings. The van der Waals surface area contributed by atoms with Crippen molar-refractivity contribution in [3.63, 3.8) is 0 Å². The Labute approximate surface area is 186 Å². The van der Waals surface area contributed by atoms with Gasteiger partial charge in [0, 0.05) is 27.3 Å². The van der Waals surface area contributed by atoms with Crippen molar-refractivity contribution in [1.82, 2.24) is 9.97 Å². The van der Waals surface area contributed by atoms with Crippen LogP contribution in [-0.2, 0) is 26.5 Å².